The van der Waals surface area contributed by atoms with Crippen LogP contribution in [0.15, 0.2) is 35.7 Å². The van der Waals surface area contributed by atoms with Crippen LogP contribution in [-0.4, -0.2) is 27.0 Å². The second kappa shape index (κ2) is 4.45. The monoisotopic (exact) mass is 318 g/mol. The number of rotatable bonds is 1. The predicted molar refractivity (Wildman–Crippen MR) is 63.9 cm³/mol. The molecule has 0 saturated heterocycles. The normalized spacial score (nSPS) is 21.8. The summed E-state index contributed by atoms with van der Waals surface area (Å²) < 4.78 is 54.4. The Morgan fingerprint density at radius 2 is 1.90 bits per heavy atom. The van der Waals surface area contributed by atoms with Crippen molar-refractivity contribution in [2.75, 3.05) is 0 Å². The van der Waals surface area contributed by atoms with Gasteiger partial charge in [-0.15, -0.1) is 5.10 Å². The van der Waals surface area contributed by atoms with Crippen LogP contribution in [0.5, 0.6) is 0 Å². The quantitative estimate of drug-likeness (QED) is 0.821. The van der Waals surface area contributed by atoms with Crippen molar-refractivity contribution in [1.29, 1.82) is 0 Å². The van der Waals surface area contributed by atoms with Crippen molar-refractivity contribution < 1.29 is 22.4 Å². The molecule has 10 heteroatoms. The molecule has 3 rings (SSSR count). The number of thioether (sulfide) groups is 1. The minimum atomic E-state index is -4.82. The van der Waals surface area contributed by atoms with Crippen LogP contribution in [0.4, 0.5) is 22.4 Å². The lowest BCUT2D eigenvalue weighted by Gasteiger charge is -2.37. The van der Waals surface area contributed by atoms with Crippen molar-refractivity contribution in [3.63, 3.8) is 0 Å². The SMILES string of the molecule is O=C1NC(c2ccc(F)cc2)(C(F)(F)F)Sc2ncnn21. The van der Waals surface area contributed by atoms with E-state index in [1.54, 1.807) is 0 Å². The molecule has 1 atom stereocenters. The number of alkyl halides is 3. The molecular weight excluding hydrogens is 312 g/mol. The number of carbonyl (C=O) groups is 1. The van der Waals surface area contributed by atoms with Crippen molar-refractivity contribution in [3.05, 3.63) is 42.0 Å². The highest BCUT2D eigenvalue weighted by Crippen LogP contribution is 2.51. The van der Waals surface area contributed by atoms with Crippen LogP contribution in [0.25, 0.3) is 0 Å². The first kappa shape index (κ1) is 13.9. The van der Waals surface area contributed by atoms with E-state index in [2.05, 4.69) is 10.1 Å². The molecule has 1 unspecified atom stereocenters. The first-order valence-corrected chi connectivity index (χ1v) is 6.39. The largest absolute Gasteiger partial charge is 0.425 e. The summed E-state index contributed by atoms with van der Waals surface area (Å²) in [5, 5.41) is 5.23. The lowest BCUT2D eigenvalue weighted by atomic mass is 10.1. The Hall–Kier alpha value is -2.10. The third-order valence-corrected chi connectivity index (χ3v) is 4.22. The van der Waals surface area contributed by atoms with Gasteiger partial charge in [0.1, 0.15) is 12.1 Å². The van der Waals surface area contributed by atoms with Gasteiger partial charge in [-0.25, -0.2) is 14.2 Å². The zero-order valence-electron chi connectivity index (χ0n) is 10.1. The fraction of sp³-hybridized carbons (Fsp3) is 0.182. The Bertz CT molecular complexity index is 699. The second-order valence-electron chi connectivity index (χ2n) is 4.17. The predicted octanol–water partition coefficient (Wildman–Crippen LogP) is 2.50. The molecule has 1 aliphatic heterocycles. The van der Waals surface area contributed by atoms with Gasteiger partial charge in [0.15, 0.2) is 5.16 Å². The van der Waals surface area contributed by atoms with Crippen LogP contribution in [0.1, 0.15) is 5.56 Å². The van der Waals surface area contributed by atoms with Crippen LogP contribution >= 0.6 is 11.8 Å². The average Bonchev–Trinajstić information content (AvgIpc) is 2.86. The minimum Gasteiger partial charge on any atom is -0.309 e. The zero-order chi connectivity index (χ0) is 15.3. The number of fused-ring (bicyclic) bond motifs is 1. The molecule has 2 aromatic rings. The maximum atomic E-state index is 13.6. The molecule has 0 spiro atoms. The van der Waals surface area contributed by atoms with Gasteiger partial charge < -0.3 is 5.32 Å². The Morgan fingerprint density at radius 3 is 2.52 bits per heavy atom. The number of hydrogen-bond donors (Lipinski definition) is 1. The molecule has 1 aromatic carbocycles. The van der Waals surface area contributed by atoms with Gasteiger partial charge in [0.2, 0.25) is 4.87 Å². The van der Waals surface area contributed by atoms with Gasteiger partial charge in [-0.2, -0.15) is 17.9 Å². The minimum absolute atomic E-state index is 0.194. The van der Waals surface area contributed by atoms with Crippen LogP contribution in [0.3, 0.4) is 0 Å². The molecule has 1 N–H and O–H groups in total. The number of hydrogen-bond acceptors (Lipinski definition) is 4. The topological polar surface area (TPSA) is 59.8 Å². The molecule has 2 heterocycles. The molecule has 0 aliphatic carbocycles. The molecule has 1 aromatic heterocycles. The Kier molecular flexibility index (Phi) is 2.94. The first-order valence-electron chi connectivity index (χ1n) is 5.58. The van der Waals surface area contributed by atoms with Crippen LogP contribution in [-0.2, 0) is 4.87 Å². The summed E-state index contributed by atoms with van der Waals surface area (Å²) in [6, 6.07) is 2.69. The van der Waals surface area contributed by atoms with Gasteiger partial charge in [-0.05, 0) is 29.5 Å². The molecule has 0 radical (unpaired) electrons. The lowest BCUT2D eigenvalue weighted by Crippen LogP contribution is -2.57. The number of nitrogens with zero attached hydrogens (tertiary/aromatic N) is 3. The molecule has 1 aliphatic rings. The van der Waals surface area contributed by atoms with Gasteiger partial charge in [-0.1, -0.05) is 12.1 Å². The van der Waals surface area contributed by atoms with Crippen molar-refractivity contribution >= 4 is 17.8 Å². The molecule has 5 nitrogen and oxygen atoms in total. The fourth-order valence-electron chi connectivity index (χ4n) is 1.91. The van der Waals surface area contributed by atoms with Crippen molar-refractivity contribution in [3.8, 4) is 0 Å². The highest BCUT2D eigenvalue weighted by molar-refractivity contribution is 8.00. The third kappa shape index (κ3) is 2.06. The van der Waals surface area contributed by atoms with E-state index in [0.717, 1.165) is 35.3 Å². The van der Waals surface area contributed by atoms with E-state index < -0.39 is 22.9 Å². The molecule has 1 amide bonds. The number of aromatic nitrogens is 3. The molecule has 21 heavy (non-hydrogen) atoms. The summed E-state index contributed by atoms with van der Waals surface area (Å²) in [5.74, 6) is -0.675. The molecule has 0 bridgehead atoms. The summed E-state index contributed by atoms with van der Waals surface area (Å²) in [6.07, 6.45) is -3.83. The number of halogens is 4. The number of amides is 1. The zero-order valence-corrected chi connectivity index (χ0v) is 10.9. The van der Waals surface area contributed by atoms with Crippen molar-refractivity contribution in [1.82, 2.24) is 20.1 Å². The Balaban J connectivity index is 2.17. The van der Waals surface area contributed by atoms with E-state index in [1.165, 1.54) is 0 Å². The van der Waals surface area contributed by atoms with E-state index >= 15 is 0 Å². The molecule has 110 valence electrons. The van der Waals surface area contributed by atoms with E-state index in [1.807, 2.05) is 5.32 Å². The molecule has 0 saturated carbocycles. The van der Waals surface area contributed by atoms with Gasteiger partial charge in [-0.3, -0.25) is 0 Å². The third-order valence-electron chi connectivity index (χ3n) is 2.89. The maximum Gasteiger partial charge on any atom is 0.425 e. The smallest absolute Gasteiger partial charge is 0.309 e. The summed E-state index contributed by atoms with van der Waals surface area (Å²) in [7, 11) is 0. The Morgan fingerprint density at radius 1 is 1.24 bits per heavy atom. The van der Waals surface area contributed by atoms with Gasteiger partial charge >= 0.3 is 12.2 Å². The van der Waals surface area contributed by atoms with E-state index in [4.69, 9.17) is 0 Å². The first-order chi connectivity index (χ1) is 9.83. The lowest BCUT2D eigenvalue weighted by molar-refractivity contribution is -0.168. The maximum absolute atomic E-state index is 13.6. The van der Waals surface area contributed by atoms with Crippen LogP contribution in [0.2, 0.25) is 0 Å². The second-order valence-corrected chi connectivity index (χ2v) is 5.35. The number of nitrogens with one attached hydrogen (secondary N) is 1. The van der Waals surface area contributed by atoms with Crippen LogP contribution < -0.4 is 5.32 Å². The molecular formula is C11H6F4N4OS. The standard InChI is InChI=1S/C11H6F4N4OS/c12-7-3-1-6(2-4-7)10(11(13,14)15)18-8(20)19-9(21-10)16-5-17-19/h1-5H,(H,18,20). The van der Waals surface area contributed by atoms with Crippen molar-refractivity contribution in [2.24, 2.45) is 0 Å². The fourth-order valence-corrected chi connectivity index (χ4v) is 3.01. The summed E-state index contributed by atoms with van der Waals surface area (Å²) in [4.78, 5) is 12.7. The summed E-state index contributed by atoms with van der Waals surface area (Å²) in [6.45, 7) is 0. The Labute approximate surface area is 119 Å². The van der Waals surface area contributed by atoms with E-state index in [-0.39, 0.29) is 10.7 Å². The van der Waals surface area contributed by atoms with Gasteiger partial charge in [0, 0.05) is 0 Å². The van der Waals surface area contributed by atoms with E-state index in [9.17, 15) is 22.4 Å². The highest BCUT2D eigenvalue weighted by atomic mass is 32.2. The summed E-state index contributed by atoms with van der Waals surface area (Å²) >= 11 is 0.291. The summed E-state index contributed by atoms with van der Waals surface area (Å²) in [5.41, 5.74) is -0.302. The van der Waals surface area contributed by atoms with Crippen LogP contribution in [0, 0.1) is 5.82 Å². The van der Waals surface area contributed by atoms with Gasteiger partial charge in [0.05, 0.1) is 0 Å². The van der Waals surface area contributed by atoms with E-state index in [0.29, 0.717) is 11.8 Å². The van der Waals surface area contributed by atoms with Gasteiger partial charge in [0.25, 0.3) is 0 Å². The number of benzene rings is 1. The average molecular weight is 318 g/mol. The highest BCUT2D eigenvalue weighted by Gasteiger charge is 2.61. The number of carbonyl (C=O) groups excluding carboxylic acids is 1. The molecule has 0 fully saturated rings. The van der Waals surface area contributed by atoms with Crippen molar-refractivity contribution in [2.45, 2.75) is 16.2 Å².